The molecular formula is C17H28N4S. The fourth-order valence-electron chi connectivity index (χ4n) is 2.75. The molecule has 0 aliphatic carbocycles. The Morgan fingerprint density at radius 3 is 2.68 bits per heavy atom. The molecule has 1 heterocycles. The standard InChI is InChI=1S/C17H28N4S/c1-15-6-4-7-16(14-15)20-9-11-21(12-10-20)17(18-2)19-8-5-13-22-3/h4,6-7,14H,5,8-13H2,1-3H3,(H,18,19). The van der Waals surface area contributed by atoms with Gasteiger partial charge in [-0.2, -0.15) is 11.8 Å². The maximum absolute atomic E-state index is 4.43. The van der Waals surface area contributed by atoms with E-state index in [1.165, 1.54) is 23.4 Å². The molecule has 0 radical (unpaired) electrons. The van der Waals surface area contributed by atoms with Gasteiger partial charge in [-0.25, -0.2) is 0 Å². The number of thioether (sulfide) groups is 1. The van der Waals surface area contributed by atoms with Crippen molar-refractivity contribution in [2.24, 2.45) is 4.99 Å². The summed E-state index contributed by atoms with van der Waals surface area (Å²) in [6.45, 7) is 7.31. The fourth-order valence-corrected chi connectivity index (χ4v) is 3.18. The first-order chi connectivity index (χ1) is 10.7. The van der Waals surface area contributed by atoms with E-state index in [1.807, 2.05) is 18.8 Å². The molecule has 122 valence electrons. The molecule has 1 aliphatic rings. The summed E-state index contributed by atoms with van der Waals surface area (Å²) in [5.74, 6) is 2.25. The first kappa shape index (κ1) is 17.0. The Morgan fingerprint density at radius 2 is 2.05 bits per heavy atom. The van der Waals surface area contributed by atoms with E-state index in [9.17, 15) is 0 Å². The lowest BCUT2D eigenvalue weighted by molar-refractivity contribution is 0.373. The van der Waals surface area contributed by atoms with Gasteiger partial charge in [0.15, 0.2) is 5.96 Å². The minimum atomic E-state index is 1.01. The number of nitrogens with one attached hydrogen (secondary N) is 1. The van der Waals surface area contributed by atoms with E-state index in [2.05, 4.69) is 57.6 Å². The van der Waals surface area contributed by atoms with E-state index in [1.54, 1.807) is 0 Å². The summed E-state index contributed by atoms with van der Waals surface area (Å²) in [4.78, 5) is 9.26. The molecule has 1 N–H and O–H groups in total. The van der Waals surface area contributed by atoms with E-state index in [0.29, 0.717) is 0 Å². The first-order valence-electron chi connectivity index (χ1n) is 8.00. The molecule has 0 amide bonds. The van der Waals surface area contributed by atoms with Crippen LogP contribution in [0.5, 0.6) is 0 Å². The van der Waals surface area contributed by atoms with Crippen molar-refractivity contribution < 1.29 is 0 Å². The predicted molar refractivity (Wildman–Crippen MR) is 99.3 cm³/mol. The van der Waals surface area contributed by atoms with Crippen LogP contribution in [0.4, 0.5) is 5.69 Å². The third-order valence-electron chi connectivity index (χ3n) is 3.97. The molecule has 0 spiro atoms. The molecule has 4 nitrogen and oxygen atoms in total. The molecule has 1 aliphatic heterocycles. The lowest BCUT2D eigenvalue weighted by Crippen LogP contribution is -2.52. The molecule has 1 saturated heterocycles. The van der Waals surface area contributed by atoms with Crippen molar-refractivity contribution in [3.05, 3.63) is 29.8 Å². The van der Waals surface area contributed by atoms with Crippen molar-refractivity contribution in [1.29, 1.82) is 0 Å². The van der Waals surface area contributed by atoms with Crippen molar-refractivity contribution >= 4 is 23.4 Å². The highest BCUT2D eigenvalue weighted by Crippen LogP contribution is 2.17. The Balaban J connectivity index is 1.83. The van der Waals surface area contributed by atoms with Crippen molar-refractivity contribution in [3.63, 3.8) is 0 Å². The molecule has 0 bridgehead atoms. The number of piperazine rings is 1. The van der Waals surface area contributed by atoms with Gasteiger partial charge in [-0.3, -0.25) is 4.99 Å². The minimum absolute atomic E-state index is 1.01. The highest BCUT2D eigenvalue weighted by Gasteiger charge is 2.19. The smallest absolute Gasteiger partial charge is 0.193 e. The summed E-state index contributed by atoms with van der Waals surface area (Å²) in [5, 5.41) is 3.48. The van der Waals surface area contributed by atoms with Crippen molar-refractivity contribution in [1.82, 2.24) is 10.2 Å². The number of aliphatic imine (C=N–C) groups is 1. The summed E-state index contributed by atoms with van der Waals surface area (Å²) >= 11 is 1.90. The topological polar surface area (TPSA) is 30.9 Å². The number of benzene rings is 1. The largest absolute Gasteiger partial charge is 0.368 e. The van der Waals surface area contributed by atoms with Gasteiger partial charge in [0, 0.05) is 45.5 Å². The number of nitrogens with zero attached hydrogens (tertiary/aromatic N) is 3. The SMILES string of the molecule is CN=C(NCCCSC)N1CCN(c2cccc(C)c2)CC1. The van der Waals surface area contributed by atoms with Crippen LogP contribution in [-0.4, -0.2) is 62.6 Å². The molecule has 1 aromatic carbocycles. The van der Waals surface area contributed by atoms with Gasteiger partial charge in [-0.15, -0.1) is 0 Å². The van der Waals surface area contributed by atoms with E-state index < -0.39 is 0 Å². The summed E-state index contributed by atoms with van der Waals surface area (Å²) in [7, 11) is 1.88. The number of guanidine groups is 1. The van der Waals surface area contributed by atoms with Gasteiger partial charge in [0.1, 0.15) is 0 Å². The molecule has 0 atom stereocenters. The van der Waals surface area contributed by atoms with E-state index in [4.69, 9.17) is 0 Å². The van der Waals surface area contributed by atoms with Crippen LogP contribution in [0.25, 0.3) is 0 Å². The molecular weight excluding hydrogens is 292 g/mol. The zero-order valence-electron chi connectivity index (χ0n) is 14.0. The lowest BCUT2D eigenvalue weighted by Gasteiger charge is -2.37. The Hall–Kier alpha value is -1.36. The summed E-state index contributed by atoms with van der Waals surface area (Å²) in [6, 6.07) is 8.77. The van der Waals surface area contributed by atoms with Crippen molar-refractivity contribution in [2.75, 3.05) is 56.7 Å². The molecule has 1 aromatic rings. The van der Waals surface area contributed by atoms with Gasteiger partial charge >= 0.3 is 0 Å². The van der Waals surface area contributed by atoms with Gasteiger partial charge in [-0.05, 0) is 43.0 Å². The van der Waals surface area contributed by atoms with Crippen LogP contribution in [0.2, 0.25) is 0 Å². The predicted octanol–water partition coefficient (Wildman–Crippen LogP) is 2.45. The molecule has 0 saturated carbocycles. The highest BCUT2D eigenvalue weighted by atomic mass is 32.2. The third-order valence-corrected chi connectivity index (χ3v) is 4.66. The second-order valence-electron chi connectivity index (χ2n) is 5.63. The second-order valence-corrected chi connectivity index (χ2v) is 6.62. The molecule has 0 aromatic heterocycles. The lowest BCUT2D eigenvalue weighted by atomic mass is 10.2. The Bertz CT molecular complexity index is 481. The molecule has 1 fully saturated rings. The minimum Gasteiger partial charge on any atom is -0.368 e. The number of anilines is 1. The van der Waals surface area contributed by atoms with Gasteiger partial charge in [0.2, 0.25) is 0 Å². The monoisotopic (exact) mass is 320 g/mol. The van der Waals surface area contributed by atoms with Crippen LogP contribution in [0.15, 0.2) is 29.3 Å². The third kappa shape index (κ3) is 4.83. The zero-order valence-corrected chi connectivity index (χ0v) is 14.8. The van der Waals surface area contributed by atoms with Crippen LogP contribution in [0, 0.1) is 6.92 Å². The maximum Gasteiger partial charge on any atom is 0.193 e. The van der Waals surface area contributed by atoms with Gasteiger partial charge in [0.05, 0.1) is 0 Å². The van der Waals surface area contributed by atoms with E-state index in [-0.39, 0.29) is 0 Å². The van der Waals surface area contributed by atoms with Gasteiger partial charge in [0.25, 0.3) is 0 Å². The quantitative estimate of drug-likeness (QED) is 0.513. The summed E-state index contributed by atoms with van der Waals surface area (Å²) < 4.78 is 0. The van der Waals surface area contributed by atoms with Crippen LogP contribution < -0.4 is 10.2 Å². The fraction of sp³-hybridized carbons (Fsp3) is 0.588. The van der Waals surface area contributed by atoms with Crippen molar-refractivity contribution in [2.45, 2.75) is 13.3 Å². The summed E-state index contributed by atoms with van der Waals surface area (Å²) in [5.41, 5.74) is 2.66. The molecule has 2 rings (SSSR count). The Labute approximate surface area is 139 Å². The average molecular weight is 321 g/mol. The average Bonchev–Trinajstić information content (AvgIpc) is 2.55. The van der Waals surface area contributed by atoms with Crippen molar-refractivity contribution in [3.8, 4) is 0 Å². The maximum atomic E-state index is 4.43. The van der Waals surface area contributed by atoms with Crippen LogP contribution >= 0.6 is 11.8 Å². The summed E-state index contributed by atoms with van der Waals surface area (Å²) in [6.07, 6.45) is 3.34. The van der Waals surface area contributed by atoms with Gasteiger partial charge in [-0.1, -0.05) is 12.1 Å². The zero-order chi connectivity index (χ0) is 15.8. The molecule has 0 unspecified atom stereocenters. The number of hydrogen-bond acceptors (Lipinski definition) is 3. The van der Waals surface area contributed by atoms with Crippen LogP contribution in [-0.2, 0) is 0 Å². The number of hydrogen-bond donors (Lipinski definition) is 1. The number of aryl methyl sites for hydroxylation is 1. The Kier molecular flexibility index (Phi) is 6.90. The van der Waals surface area contributed by atoms with Crippen LogP contribution in [0.3, 0.4) is 0 Å². The molecule has 22 heavy (non-hydrogen) atoms. The second kappa shape index (κ2) is 8.93. The highest BCUT2D eigenvalue weighted by molar-refractivity contribution is 7.98. The molecule has 5 heteroatoms. The van der Waals surface area contributed by atoms with Crippen LogP contribution in [0.1, 0.15) is 12.0 Å². The normalized spacial score (nSPS) is 16.0. The van der Waals surface area contributed by atoms with E-state index >= 15 is 0 Å². The van der Waals surface area contributed by atoms with E-state index in [0.717, 1.165) is 38.7 Å². The van der Waals surface area contributed by atoms with Gasteiger partial charge < -0.3 is 15.1 Å². The first-order valence-corrected chi connectivity index (χ1v) is 9.40. The number of rotatable bonds is 5. The Morgan fingerprint density at radius 1 is 1.27 bits per heavy atom.